The van der Waals surface area contributed by atoms with Crippen LogP contribution in [0.1, 0.15) is 43.0 Å². The minimum absolute atomic E-state index is 0.0634. The number of hydrogen-bond donors (Lipinski definition) is 1. The Bertz CT molecular complexity index is 2100. The summed E-state index contributed by atoms with van der Waals surface area (Å²) >= 11 is 0. The van der Waals surface area contributed by atoms with E-state index < -0.39 is 11.6 Å². The van der Waals surface area contributed by atoms with Crippen molar-refractivity contribution in [2.75, 3.05) is 0 Å². The van der Waals surface area contributed by atoms with E-state index >= 15 is 4.39 Å². The Morgan fingerprint density at radius 1 is 1.05 bits per heavy atom. The number of hydrogen-bond acceptors (Lipinski definition) is 5. The zero-order chi connectivity index (χ0) is 28.7. The Hall–Kier alpha value is -4.84. The van der Waals surface area contributed by atoms with Gasteiger partial charge in [-0.05, 0) is 103 Å². The van der Waals surface area contributed by atoms with Crippen LogP contribution in [0.2, 0.25) is 0 Å². The van der Waals surface area contributed by atoms with Crippen LogP contribution in [0, 0.1) is 41.7 Å². The van der Waals surface area contributed by atoms with Gasteiger partial charge in [-0.3, -0.25) is 0 Å². The van der Waals surface area contributed by atoms with Crippen molar-refractivity contribution in [1.82, 2.24) is 24.3 Å². The fourth-order valence-electron chi connectivity index (χ4n) is 7.61. The summed E-state index contributed by atoms with van der Waals surface area (Å²) in [5.41, 5.74) is 3.31. The van der Waals surface area contributed by atoms with E-state index in [1.165, 1.54) is 49.9 Å². The zero-order valence-corrected chi connectivity index (χ0v) is 22.9. The van der Waals surface area contributed by atoms with Crippen LogP contribution in [0.5, 0.6) is 5.75 Å². The normalized spacial score (nSPS) is 19.5. The molecule has 0 radical (unpaired) electrons. The minimum atomic E-state index is -0.582. The Balaban J connectivity index is 1.51. The first-order valence-electron chi connectivity index (χ1n) is 14.2. The SMILES string of the molecule is Cc1cc2c(-n3cncn3)nc3c(F)c(-c4cc(O)cc5ccc(F)cc45)c(CCC#N)cc3c2n1[C@@H]1[C@@H]2CC[C@H]1C2. The molecule has 3 heterocycles. The molecule has 9 heteroatoms. The number of rotatable bonds is 5. The molecular weight excluding hydrogens is 534 g/mol. The van der Waals surface area contributed by atoms with Crippen molar-refractivity contribution in [3.05, 3.63) is 78.0 Å². The molecule has 0 spiro atoms. The monoisotopic (exact) mass is 560 g/mol. The average Bonchev–Trinajstić information content (AvgIpc) is 3.78. The number of aromatic nitrogens is 5. The summed E-state index contributed by atoms with van der Waals surface area (Å²) < 4.78 is 35.6. The van der Waals surface area contributed by atoms with E-state index in [1.54, 1.807) is 17.1 Å². The lowest BCUT2D eigenvalue weighted by molar-refractivity contribution is 0.167. The van der Waals surface area contributed by atoms with Gasteiger partial charge >= 0.3 is 0 Å². The number of aromatic hydroxyl groups is 1. The van der Waals surface area contributed by atoms with Crippen molar-refractivity contribution in [1.29, 1.82) is 5.26 Å². The lowest BCUT2D eigenvalue weighted by atomic mass is 9.78. The summed E-state index contributed by atoms with van der Waals surface area (Å²) in [5.74, 6) is 0.556. The Kier molecular flexibility index (Phi) is 5.39. The number of benzene rings is 3. The summed E-state index contributed by atoms with van der Waals surface area (Å²) in [4.78, 5) is 8.97. The van der Waals surface area contributed by atoms with Crippen molar-refractivity contribution >= 4 is 32.6 Å². The lowest BCUT2D eigenvalue weighted by Gasteiger charge is -2.38. The molecule has 3 atom stereocenters. The minimum Gasteiger partial charge on any atom is -0.508 e. The Morgan fingerprint density at radius 3 is 2.62 bits per heavy atom. The van der Waals surface area contributed by atoms with Gasteiger partial charge in [0.05, 0.1) is 11.6 Å². The maximum absolute atomic E-state index is 17.2. The summed E-state index contributed by atoms with van der Waals surface area (Å²) in [6.45, 7) is 2.09. The molecule has 3 aliphatic rings. The van der Waals surface area contributed by atoms with Crippen molar-refractivity contribution in [3.63, 3.8) is 0 Å². The molecule has 0 aliphatic heterocycles. The van der Waals surface area contributed by atoms with E-state index in [0.717, 1.165) is 16.6 Å². The molecule has 3 saturated carbocycles. The van der Waals surface area contributed by atoms with E-state index in [2.05, 4.69) is 33.7 Å². The number of phenols is 1. The van der Waals surface area contributed by atoms with Crippen molar-refractivity contribution in [2.45, 2.75) is 45.1 Å². The first kappa shape index (κ1) is 24.9. The predicted octanol–water partition coefficient (Wildman–Crippen LogP) is 7.31. The fourth-order valence-corrected chi connectivity index (χ4v) is 7.61. The summed E-state index contributed by atoms with van der Waals surface area (Å²) in [6.07, 6.45) is 7.04. The van der Waals surface area contributed by atoms with E-state index in [9.17, 15) is 14.8 Å². The molecule has 6 aromatic rings. The van der Waals surface area contributed by atoms with Gasteiger partial charge < -0.3 is 9.67 Å². The molecule has 0 unspecified atom stereocenters. The van der Waals surface area contributed by atoms with Gasteiger partial charge in [0.1, 0.15) is 29.7 Å². The van der Waals surface area contributed by atoms with Crippen LogP contribution in [0.3, 0.4) is 0 Å². The van der Waals surface area contributed by atoms with E-state index in [-0.39, 0.29) is 29.7 Å². The second-order valence-electron chi connectivity index (χ2n) is 11.7. The second kappa shape index (κ2) is 9.08. The molecule has 2 bridgehead atoms. The van der Waals surface area contributed by atoms with Crippen LogP contribution in [0.15, 0.2) is 55.1 Å². The van der Waals surface area contributed by atoms with Gasteiger partial charge in [0.2, 0.25) is 0 Å². The Morgan fingerprint density at radius 2 is 1.88 bits per heavy atom. The fraction of sp³-hybridized carbons (Fsp3) is 0.273. The maximum Gasteiger partial charge on any atom is 0.165 e. The molecule has 3 aromatic carbocycles. The summed E-state index contributed by atoms with van der Waals surface area (Å²) in [6, 6.07) is 13.8. The Labute approximate surface area is 239 Å². The average molecular weight is 561 g/mol. The molecule has 3 aromatic heterocycles. The van der Waals surface area contributed by atoms with Gasteiger partial charge in [-0.25, -0.2) is 23.4 Å². The third-order valence-corrected chi connectivity index (χ3v) is 9.36. The molecular formula is C33H26F2N6O. The smallest absolute Gasteiger partial charge is 0.165 e. The van der Waals surface area contributed by atoms with Crippen molar-refractivity contribution in [3.8, 4) is 28.8 Å². The van der Waals surface area contributed by atoms with Gasteiger partial charge in [0.25, 0.3) is 0 Å². The van der Waals surface area contributed by atoms with Crippen LogP contribution < -0.4 is 0 Å². The summed E-state index contributed by atoms with van der Waals surface area (Å²) in [5, 5.41) is 27.0. The largest absolute Gasteiger partial charge is 0.508 e. The molecule has 9 rings (SSSR count). The van der Waals surface area contributed by atoms with Crippen molar-refractivity contribution in [2.24, 2.45) is 11.8 Å². The van der Waals surface area contributed by atoms with Gasteiger partial charge in [-0.1, -0.05) is 6.07 Å². The molecule has 3 aliphatic carbocycles. The number of fused-ring (bicyclic) bond motifs is 5. The molecule has 7 nitrogen and oxygen atoms in total. The van der Waals surface area contributed by atoms with Gasteiger partial charge in [-0.2, -0.15) is 10.4 Å². The van der Waals surface area contributed by atoms with Gasteiger partial charge in [0.15, 0.2) is 11.6 Å². The number of nitriles is 1. The number of aryl methyl sites for hydroxylation is 2. The molecule has 0 saturated heterocycles. The zero-order valence-electron chi connectivity index (χ0n) is 22.9. The highest BCUT2D eigenvalue weighted by Crippen LogP contribution is 2.58. The first-order valence-corrected chi connectivity index (χ1v) is 14.2. The van der Waals surface area contributed by atoms with Gasteiger partial charge in [-0.15, -0.1) is 0 Å². The van der Waals surface area contributed by atoms with Crippen LogP contribution in [0.4, 0.5) is 8.78 Å². The lowest BCUT2D eigenvalue weighted by Crippen LogP contribution is -2.31. The van der Waals surface area contributed by atoms with Crippen molar-refractivity contribution < 1.29 is 13.9 Å². The maximum atomic E-state index is 17.2. The molecule has 3 fully saturated rings. The van der Waals surface area contributed by atoms with Crippen LogP contribution in [-0.4, -0.2) is 29.4 Å². The van der Waals surface area contributed by atoms with E-state index in [0.29, 0.717) is 51.0 Å². The molecule has 1 N–H and O–H groups in total. The highest BCUT2D eigenvalue weighted by Gasteiger charge is 2.48. The predicted molar refractivity (Wildman–Crippen MR) is 155 cm³/mol. The highest BCUT2D eigenvalue weighted by molar-refractivity contribution is 6.10. The number of halogens is 2. The summed E-state index contributed by atoms with van der Waals surface area (Å²) in [7, 11) is 0. The van der Waals surface area contributed by atoms with E-state index in [4.69, 9.17) is 4.98 Å². The quantitative estimate of drug-likeness (QED) is 0.239. The number of phenolic OH excluding ortho intramolecular Hbond substituents is 1. The number of nitrogens with zero attached hydrogens (tertiary/aromatic N) is 6. The number of pyridine rings is 1. The molecule has 42 heavy (non-hydrogen) atoms. The van der Waals surface area contributed by atoms with Crippen LogP contribution >= 0.6 is 0 Å². The van der Waals surface area contributed by atoms with Crippen LogP contribution in [0.25, 0.3) is 49.5 Å². The van der Waals surface area contributed by atoms with Gasteiger partial charge in [0, 0.05) is 34.5 Å². The van der Waals surface area contributed by atoms with E-state index in [1.807, 2.05) is 6.07 Å². The topological polar surface area (TPSA) is 92.6 Å². The third-order valence-electron chi connectivity index (χ3n) is 9.36. The highest BCUT2D eigenvalue weighted by atomic mass is 19.1. The standard InChI is InChI=1S/C33H26F2N6O/c1-17-9-27-32(41(17)31-20-4-5-21(31)10-20)26-12-19(3-2-8-36)28(29(35)30(26)39-33(27)40-16-37-15-38-40)25-14-23(42)11-18-6-7-22(34)13-24(18)25/h6-7,9,11-16,20-21,31,42H,2-5,10H2,1H3/t20-,21+,31-. The first-order chi connectivity index (χ1) is 20.4. The second-order valence-corrected chi connectivity index (χ2v) is 11.7. The third kappa shape index (κ3) is 3.51. The molecule has 208 valence electrons. The van der Waals surface area contributed by atoms with Crippen LogP contribution in [-0.2, 0) is 6.42 Å². The molecule has 0 amide bonds.